The fraction of sp³-hybridized carbons (Fsp3) is 0.308. The minimum absolute atomic E-state index is 0.315. The maximum atomic E-state index is 11.6. The van der Waals surface area contributed by atoms with Gasteiger partial charge in [0.2, 0.25) is 0 Å². The van der Waals surface area contributed by atoms with E-state index in [1.807, 2.05) is 6.92 Å². The van der Waals surface area contributed by atoms with Crippen LogP contribution in [0, 0.1) is 6.92 Å². The minimum Gasteiger partial charge on any atom is -0.462 e. The van der Waals surface area contributed by atoms with Crippen LogP contribution in [0.15, 0.2) is 22.6 Å². The Morgan fingerprint density at radius 1 is 1.47 bits per heavy atom. The monoisotopic (exact) mass is 233 g/mol. The number of carbonyl (C=O) groups excluding carboxylic acids is 1. The third kappa shape index (κ3) is 2.03. The number of carbonyl (C=O) groups is 1. The highest BCUT2D eigenvalue weighted by Crippen LogP contribution is 2.26. The van der Waals surface area contributed by atoms with Gasteiger partial charge in [-0.1, -0.05) is 0 Å². The number of hydrogen-bond acceptors (Lipinski definition) is 4. The van der Waals surface area contributed by atoms with Crippen LogP contribution in [0.2, 0.25) is 0 Å². The molecule has 1 heterocycles. The summed E-state index contributed by atoms with van der Waals surface area (Å²) in [4.78, 5) is 11.6. The average Bonchev–Trinajstić information content (AvgIpc) is 2.66. The van der Waals surface area contributed by atoms with Crippen LogP contribution in [0.25, 0.3) is 11.0 Å². The second-order valence-corrected chi connectivity index (χ2v) is 3.79. The lowest BCUT2D eigenvalue weighted by atomic mass is 10.1. The molecule has 17 heavy (non-hydrogen) atoms. The van der Waals surface area contributed by atoms with Gasteiger partial charge in [-0.05, 0) is 37.6 Å². The van der Waals surface area contributed by atoms with E-state index in [0.29, 0.717) is 18.7 Å². The van der Waals surface area contributed by atoms with E-state index >= 15 is 0 Å². The zero-order valence-corrected chi connectivity index (χ0v) is 9.95. The molecule has 0 fully saturated rings. The van der Waals surface area contributed by atoms with Crippen molar-refractivity contribution in [2.24, 2.45) is 5.73 Å². The maximum absolute atomic E-state index is 11.6. The average molecular weight is 233 g/mol. The molecule has 0 unspecified atom stereocenters. The molecule has 0 amide bonds. The molecule has 2 rings (SSSR count). The highest BCUT2D eigenvalue weighted by Gasteiger charge is 2.12. The smallest absolute Gasteiger partial charge is 0.338 e. The topological polar surface area (TPSA) is 65.5 Å². The fourth-order valence-corrected chi connectivity index (χ4v) is 1.81. The summed E-state index contributed by atoms with van der Waals surface area (Å²) in [6.45, 7) is 4.44. The molecule has 1 aromatic carbocycles. The third-order valence-corrected chi connectivity index (χ3v) is 2.73. The Bertz CT molecular complexity index is 557. The van der Waals surface area contributed by atoms with Crippen molar-refractivity contribution in [3.8, 4) is 0 Å². The van der Waals surface area contributed by atoms with Crippen molar-refractivity contribution in [2.45, 2.75) is 20.4 Å². The molecule has 0 radical (unpaired) electrons. The van der Waals surface area contributed by atoms with Crippen molar-refractivity contribution >= 4 is 16.9 Å². The van der Waals surface area contributed by atoms with Gasteiger partial charge in [-0.3, -0.25) is 0 Å². The van der Waals surface area contributed by atoms with Crippen LogP contribution in [-0.4, -0.2) is 12.6 Å². The first-order valence-electron chi connectivity index (χ1n) is 5.56. The molecule has 0 saturated carbocycles. The van der Waals surface area contributed by atoms with E-state index in [1.165, 1.54) is 0 Å². The second-order valence-electron chi connectivity index (χ2n) is 3.79. The Balaban J connectivity index is 2.49. The molecule has 0 aliphatic rings. The van der Waals surface area contributed by atoms with Crippen molar-refractivity contribution in [1.82, 2.24) is 0 Å². The molecule has 4 nitrogen and oxygen atoms in total. The summed E-state index contributed by atoms with van der Waals surface area (Å²) >= 11 is 0. The van der Waals surface area contributed by atoms with Gasteiger partial charge in [0.1, 0.15) is 11.3 Å². The summed E-state index contributed by atoms with van der Waals surface area (Å²) in [5.74, 6) is 0.435. The minimum atomic E-state index is -0.315. The quantitative estimate of drug-likeness (QED) is 0.826. The molecule has 0 spiro atoms. The van der Waals surface area contributed by atoms with Crippen LogP contribution < -0.4 is 5.73 Å². The normalized spacial score (nSPS) is 10.8. The number of fused-ring (bicyclic) bond motifs is 1. The molecule has 2 aromatic rings. The lowest BCUT2D eigenvalue weighted by molar-refractivity contribution is 0.0526. The summed E-state index contributed by atoms with van der Waals surface area (Å²) < 4.78 is 10.5. The molecule has 0 aliphatic heterocycles. The molecule has 0 atom stereocenters. The first-order chi connectivity index (χ1) is 8.17. The summed E-state index contributed by atoms with van der Waals surface area (Å²) in [7, 11) is 0. The van der Waals surface area contributed by atoms with E-state index in [0.717, 1.165) is 22.3 Å². The molecule has 4 heteroatoms. The van der Waals surface area contributed by atoms with Crippen molar-refractivity contribution in [3.63, 3.8) is 0 Å². The molecular formula is C13H15NO3. The standard InChI is InChI=1S/C13H15NO3/c1-3-16-13(15)9-4-5-11-10(6-9)8(2)12(7-14)17-11/h4-6H,3,7,14H2,1-2H3. The van der Waals surface area contributed by atoms with Gasteiger partial charge in [-0.15, -0.1) is 0 Å². The largest absolute Gasteiger partial charge is 0.462 e. The third-order valence-electron chi connectivity index (χ3n) is 2.73. The Labute approximate surface area is 99.3 Å². The van der Waals surface area contributed by atoms with E-state index in [4.69, 9.17) is 14.9 Å². The van der Waals surface area contributed by atoms with Crippen LogP contribution in [-0.2, 0) is 11.3 Å². The molecular weight excluding hydrogens is 218 g/mol. The van der Waals surface area contributed by atoms with Gasteiger partial charge in [0.15, 0.2) is 0 Å². The van der Waals surface area contributed by atoms with Crippen LogP contribution in [0.4, 0.5) is 0 Å². The van der Waals surface area contributed by atoms with E-state index < -0.39 is 0 Å². The SMILES string of the molecule is CCOC(=O)c1ccc2oc(CN)c(C)c2c1. The number of ether oxygens (including phenoxy) is 1. The van der Waals surface area contributed by atoms with Crippen molar-refractivity contribution in [1.29, 1.82) is 0 Å². The molecule has 1 aromatic heterocycles. The van der Waals surface area contributed by atoms with Gasteiger partial charge < -0.3 is 14.9 Å². The van der Waals surface area contributed by atoms with Gasteiger partial charge in [0.05, 0.1) is 18.7 Å². The first kappa shape index (κ1) is 11.7. The molecule has 90 valence electrons. The maximum Gasteiger partial charge on any atom is 0.338 e. The Hall–Kier alpha value is -1.81. The van der Waals surface area contributed by atoms with Crippen LogP contribution >= 0.6 is 0 Å². The van der Waals surface area contributed by atoms with E-state index in [2.05, 4.69) is 0 Å². The number of esters is 1. The number of aryl methyl sites for hydroxylation is 1. The van der Waals surface area contributed by atoms with E-state index in [1.54, 1.807) is 25.1 Å². The zero-order chi connectivity index (χ0) is 12.4. The highest BCUT2D eigenvalue weighted by molar-refractivity contribution is 5.95. The number of benzene rings is 1. The zero-order valence-electron chi connectivity index (χ0n) is 9.95. The molecule has 2 N–H and O–H groups in total. The fourth-order valence-electron chi connectivity index (χ4n) is 1.81. The van der Waals surface area contributed by atoms with Crippen LogP contribution in [0.1, 0.15) is 28.6 Å². The number of furan rings is 1. The number of hydrogen-bond donors (Lipinski definition) is 1. The van der Waals surface area contributed by atoms with Crippen molar-refractivity contribution in [2.75, 3.05) is 6.61 Å². The van der Waals surface area contributed by atoms with Gasteiger partial charge in [0, 0.05) is 5.39 Å². The molecule has 0 saturated heterocycles. The predicted molar refractivity (Wildman–Crippen MR) is 64.8 cm³/mol. The Kier molecular flexibility index (Phi) is 3.15. The Morgan fingerprint density at radius 3 is 2.88 bits per heavy atom. The van der Waals surface area contributed by atoms with Crippen LogP contribution in [0.3, 0.4) is 0 Å². The highest BCUT2D eigenvalue weighted by atomic mass is 16.5. The summed E-state index contributed by atoms with van der Waals surface area (Å²) in [6, 6.07) is 5.25. The predicted octanol–water partition coefficient (Wildman–Crippen LogP) is 2.38. The van der Waals surface area contributed by atoms with Crippen molar-refractivity contribution in [3.05, 3.63) is 35.1 Å². The summed E-state index contributed by atoms with van der Waals surface area (Å²) in [5.41, 5.74) is 7.84. The lowest BCUT2D eigenvalue weighted by Crippen LogP contribution is -2.04. The van der Waals surface area contributed by atoms with Gasteiger partial charge >= 0.3 is 5.97 Å². The molecule has 0 bridgehead atoms. The van der Waals surface area contributed by atoms with E-state index in [9.17, 15) is 4.79 Å². The second kappa shape index (κ2) is 4.59. The van der Waals surface area contributed by atoms with Crippen molar-refractivity contribution < 1.29 is 13.9 Å². The first-order valence-corrected chi connectivity index (χ1v) is 5.56. The van der Waals surface area contributed by atoms with E-state index in [-0.39, 0.29) is 5.97 Å². The Morgan fingerprint density at radius 2 is 2.24 bits per heavy atom. The number of nitrogens with two attached hydrogens (primary N) is 1. The van der Waals surface area contributed by atoms with Gasteiger partial charge in [-0.25, -0.2) is 4.79 Å². The number of rotatable bonds is 3. The lowest BCUT2D eigenvalue weighted by Gasteiger charge is -2.01. The molecule has 0 aliphatic carbocycles. The van der Waals surface area contributed by atoms with Crippen LogP contribution in [0.5, 0.6) is 0 Å². The summed E-state index contributed by atoms with van der Waals surface area (Å²) in [5, 5.41) is 0.913. The van der Waals surface area contributed by atoms with Gasteiger partial charge in [0.25, 0.3) is 0 Å². The summed E-state index contributed by atoms with van der Waals surface area (Å²) in [6.07, 6.45) is 0. The van der Waals surface area contributed by atoms with Gasteiger partial charge in [-0.2, -0.15) is 0 Å².